The van der Waals surface area contributed by atoms with Crippen LogP contribution in [0, 0.1) is 0 Å². The molecule has 7 heteroatoms. The number of hydrogen-bond acceptors (Lipinski definition) is 5. The Balaban J connectivity index is 2.10. The van der Waals surface area contributed by atoms with Gasteiger partial charge < -0.3 is 15.8 Å². The van der Waals surface area contributed by atoms with E-state index in [1.54, 1.807) is 12.1 Å². The Morgan fingerprint density at radius 3 is 2.75 bits per heavy atom. The third-order valence-electron chi connectivity index (χ3n) is 3.53. The minimum atomic E-state index is -3.52. The molecule has 2 rings (SSSR count). The number of anilines is 2. The number of nitrogens with one attached hydrogen (secondary N) is 2. The molecule has 1 unspecified atom stereocenters. The van der Waals surface area contributed by atoms with Crippen LogP contribution >= 0.6 is 0 Å². The van der Waals surface area contributed by atoms with Crippen LogP contribution in [0.4, 0.5) is 11.4 Å². The normalized spacial score (nSPS) is 22.9. The molecule has 20 heavy (non-hydrogen) atoms. The lowest BCUT2D eigenvalue weighted by atomic mass is 10.0. The number of benzene rings is 1. The lowest BCUT2D eigenvalue weighted by molar-refractivity contribution is 0.0315. The van der Waals surface area contributed by atoms with E-state index in [9.17, 15) is 8.42 Å². The predicted molar refractivity (Wildman–Crippen MR) is 79.2 cm³/mol. The molecule has 1 saturated heterocycles. The van der Waals surface area contributed by atoms with E-state index in [0.717, 1.165) is 25.1 Å². The second kappa shape index (κ2) is 5.59. The third-order valence-corrected chi connectivity index (χ3v) is 5.02. The molecule has 1 heterocycles. The summed E-state index contributed by atoms with van der Waals surface area (Å²) < 4.78 is 31.4. The topological polar surface area (TPSA) is 93.5 Å². The van der Waals surface area contributed by atoms with Crippen molar-refractivity contribution in [3.8, 4) is 0 Å². The highest BCUT2D eigenvalue weighted by molar-refractivity contribution is 7.89. The molecular weight excluding hydrogens is 278 g/mol. The van der Waals surface area contributed by atoms with Gasteiger partial charge in [0.05, 0.1) is 11.3 Å². The smallest absolute Gasteiger partial charge is 0.242 e. The van der Waals surface area contributed by atoms with Crippen LogP contribution in [0.1, 0.15) is 19.8 Å². The summed E-state index contributed by atoms with van der Waals surface area (Å²) in [4.78, 5) is 0.0916. The van der Waals surface area contributed by atoms with Crippen LogP contribution in [0.15, 0.2) is 23.1 Å². The molecule has 1 aliphatic heterocycles. The van der Waals surface area contributed by atoms with E-state index in [1.807, 2.05) is 0 Å². The first-order valence-electron chi connectivity index (χ1n) is 6.57. The van der Waals surface area contributed by atoms with Gasteiger partial charge in [-0.25, -0.2) is 13.1 Å². The zero-order chi connectivity index (χ0) is 14.8. The molecule has 1 aromatic rings. The summed E-state index contributed by atoms with van der Waals surface area (Å²) in [5, 5.41) is 3.24. The summed E-state index contributed by atoms with van der Waals surface area (Å²) in [6.45, 7) is 3.53. The van der Waals surface area contributed by atoms with E-state index >= 15 is 0 Å². The molecule has 0 spiro atoms. The van der Waals surface area contributed by atoms with Gasteiger partial charge in [-0.3, -0.25) is 0 Å². The summed E-state index contributed by atoms with van der Waals surface area (Å²) >= 11 is 0. The maximum atomic E-state index is 11.7. The Kier molecular flexibility index (Phi) is 4.22. The Bertz CT molecular complexity index is 581. The molecule has 112 valence electrons. The monoisotopic (exact) mass is 299 g/mol. The van der Waals surface area contributed by atoms with Gasteiger partial charge in [-0.05, 0) is 45.0 Å². The number of rotatable bonds is 5. The van der Waals surface area contributed by atoms with Crippen LogP contribution in [-0.4, -0.2) is 34.2 Å². The lowest BCUT2D eigenvalue weighted by Gasteiger charge is -2.24. The van der Waals surface area contributed by atoms with Crippen LogP contribution in [-0.2, 0) is 14.8 Å². The summed E-state index contributed by atoms with van der Waals surface area (Å²) in [7, 11) is -2.16. The van der Waals surface area contributed by atoms with Crippen molar-refractivity contribution in [3.63, 3.8) is 0 Å². The maximum Gasteiger partial charge on any atom is 0.242 e. The number of sulfonamides is 1. The average molecular weight is 299 g/mol. The first kappa shape index (κ1) is 15.1. The van der Waals surface area contributed by atoms with Crippen LogP contribution in [0.25, 0.3) is 0 Å². The largest absolute Gasteiger partial charge is 0.398 e. The fourth-order valence-corrected chi connectivity index (χ4v) is 3.11. The SMILES string of the molecule is CNS(=O)(=O)c1ccc(NCC2(C)CCCO2)cc1N. The molecule has 1 aromatic carbocycles. The van der Waals surface area contributed by atoms with Gasteiger partial charge in [0, 0.05) is 18.8 Å². The molecule has 0 aliphatic carbocycles. The van der Waals surface area contributed by atoms with Gasteiger partial charge in [0.2, 0.25) is 10.0 Å². The van der Waals surface area contributed by atoms with E-state index < -0.39 is 10.0 Å². The van der Waals surface area contributed by atoms with Crippen LogP contribution < -0.4 is 15.8 Å². The van der Waals surface area contributed by atoms with Crippen LogP contribution in [0.2, 0.25) is 0 Å². The zero-order valence-electron chi connectivity index (χ0n) is 11.8. The van der Waals surface area contributed by atoms with Crippen LogP contribution in [0.5, 0.6) is 0 Å². The van der Waals surface area contributed by atoms with Gasteiger partial charge >= 0.3 is 0 Å². The first-order chi connectivity index (χ1) is 9.36. The van der Waals surface area contributed by atoms with Crippen molar-refractivity contribution in [1.82, 2.24) is 4.72 Å². The Labute approximate surface area is 119 Å². The Morgan fingerprint density at radius 2 is 2.20 bits per heavy atom. The summed E-state index contributed by atoms with van der Waals surface area (Å²) in [6.07, 6.45) is 2.08. The summed E-state index contributed by atoms with van der Waals surface area (Å²) in [5.74, 6) is 0. The Morgan fingerprint density at radius 1 is 1.45 bits per heavy atom. The quantitative estimate of drug-likeness (QED) is 0.709. The molecule has 0 bridgehead atoms. The highest BCUT2D eigenvalue weighted by Crippen LogP contribution is 2.27. The molecule has 0 amide bonds. The summed E-state index contributed by atoms with van der Waals surface area (Å²) in [6, 6.07) is 4.84. The predicted octanol–water partition coefficient (Wildman–Crippen LogP) is 1.16. The van der Waals surface area contributed by atoms with Crippen molar-refractivity contribution in [1.29, 1.82) is 0 Å². The molecule has 0 saturated carbocycles. The lowest BCUT2D eigenvalue weighted by Crippen LogP contribution is -2.32. The third kappa shape index (κ3) is 3.23. The van der Waals surface area contributed by atoms with Crippen molar-refractivity contribution in [2.75, 3.05) is 31.2 Å². The number of nitrogens with two attached hydrogens (primary N) is 1. The second-order valence-electron chi connectivity index (χ2n) is 5.22. The van der Waals surface area contributed by atoms with Gasteiger partial charge in [0.15, 0.2) is 0 Å². The van der Waals surface area contributed by atoms with Crippen molar-refractivity contribution in [2.24, 2.45) is 0 Å². The van der Waals surface area contributed by atoms with E-state index in [0.29, 0.717) is 6.54 Å². The summed E-state index contributed by atoms with van der Waals surface area (Å²) in [5.41, 5.74) is 6.66. The molecule has 1 atom stereocenters. The second-order valence-corrected chi connectivity index (χ2v) is 7.07. The maximum absolute atomic E-state index is 11.7. The van der Waals surface area contributed by atoms with E-state index in [1.165, 1.54) is 13.1 Å². The van der Waals surface area contributed by atoms with Gasteiger partial charge in [-0.1, -0.05) is 0 Å². The minimum Gasteiger partial charge on any atom is -0.398 e. The molecule has 1 fully saturated rings. The fraction of sp³-hybridized carbons (Fsp3) is 0.538. The van der Waals surface area contributed by atoms with Crippen molar-refractivity contribution in [3.05, 3.63) is 18.2 Å². The highest BCUT2D eigenvalue weighted by atomic mass is 32.2. The molecule has 6 nitrogen and oxygen atoms in total. The number of nitrogen functional groups attached to an aromatic ring is 1. The van der Waals surface area contributed by atoms with Gasteiger partial charge in [-0.2, -0.15) is 0 Å². The minimum absolute atomic E-state index is 0.0916. The van der Waals surface area contributed by atoms with Gasteiger partial charge in [0.1, 0.15) is 4.90 Å². The van der Waals surface area contributed by atoms with Gasteiger partial charge in [0.25, 0.3) is 0 Å². The molecule has 0 aromatic heterocycles. The van der Waals surface area contributed by atoms with E-state index in [4.69, 9.17) is 10.5 Å². The zero-order valence-corrected chi connectivity index (χ0v) is 12.6. The highest BCUT2D eigenvalue weighted by Gasteiger charge is 2.29. The first-order valence-corrected chi connectivity index (χ1v) is 8.05. The molecular formula is C13H21N3O3S. The standard InChI is InChI=1S/C13H21N3O3S/c1-13(6-3-7-19-13)9-16-10-4-5-12(11(14)8-10)20(17,18)15-2/h4-5,8,15-16H,3,6-7,9,14H2,1-2H3. The fourth-order valence-electron chi connectivity index (χ4n) is 2.28. The average Bonchev–Trinajstić information content (AvgIpc) is 2.84. The Hall–Kier alpha value is -1.31. The molecule has 4 N–H and O–H groups in total. The van der Waals surface area contributed by atoms with E-state index in [-0.39, 0.29) is 16.2 Å². The molecule has 0 radical (unpaired) electrons. The van der Waals surface area contributed by atoms with Crippen molar-refractivity contribution in [2.45, 2.75) is 30.3 Å². The number of ether oxygens (including phenoxy) is 1. The van der Waals surface area contributed by atoms with Crippen molar-refractivity contribution >= 4 is 21.4 Å². The van der Waals surface area contributed by atoms with Crippen LogP contribution in [0.3, 0.4) is 0 Å². The van der Waals surface area contributed by atoms with Crippen molar-refractivity contribution < 1.29 is 13.2 Å². The number of hydrogen-bond donors (Lipinski definition) is 3. The van der Waals surface area contributed by atoms with Gasteiger partial charge in [-0.15, -0.1) is 0 Å². The van der Waals surface area contributed by atoms with E-state index in [2.05, 4.69) is 17.0 Å². The molecule has 1 aliphatic rings.